The molecule has 0 aliphatic heterocycles. The Labute approximate surface area is 325 Å². The predicted octanol–water partition coefficient (Wildman–Crippen LogP) is 15.8. The van der Waals surface area contributed by atoms with Crippen LogP contribution in [0.3, 0.4) is 0 Å². The molecule has 0 heterocycles. The van der Waals surface area contributed by atoms with Crippen molar-refractivity contribution in [3.05, 3.63) is 181 Å². The van der Waals surface area contributed by atoms with Crippen LogP contribution in [-0.2, 0) is 0 Å². The van der Waals surface area contributed by atoms with Crippen molar-refractivity contribution >= 4 is 53.9 Å². The topological polar surface area (TPSA) is 0 Å². The maximum absolute atomic E-state index is 2.45. The fourth-order valence-electron chi connectivity index (χ4n) is 10.8. The quantitative estimate of drug-likeness (QED) is 0.127. The molecule has 0 bridgehead atoms. The highest BCUT2D eigenvalue weighted by Crippen LogP contribution is 2.61. The van der Waals surface area contributed by atoms with Gasteiger partial charge in [-0.05, 0) is 151 Å². The van der Waals surface area contributed by atoms with Gasteiger partial charge in [-0.1, -0.05) is 175 Å². The maximum atomic E-state index is 2.45. The summed E-state index contributed by atoms with van der Waals surface area (Å²) in [6.45, 7) is 4.50. The van der Waals surface area contributed by atoms with Gasteiger partial charge in [-0.3, -0.25) is 0 Å². The standard InChI is InChI=1S/C56H34/c1-31-20-21-32(2)48(30-31)53-39-19-11-10-18-38(39)52(37-17-9-6-14-34(37)33-12-4-3-5-13-33)55-46-28-26-44-42-24-22-40-35-15-7-8-16-36(35)41-23-25-43(50(42)49(40)41)45-27-29-47(56(53)55)54(46)51(44)45/h3-30H,1-2H3. The lowest BCUT2D eigenvalue weighted by molar-refractivity contribution is 1.40. The van der Waals surface area contributed by atoms with Crippen LogP contribution in [0.25, 0.3) is 132 Å². The summed E-state index contributed by atoms with van der Waals surface area (Å²) < 4.78 is 0. The Hall–Kier alpha value is -7.02. The Bertz CT molecular complexity index is 3450. The van der Waals surface area contributed by atoms with E-state index >= 15 is 0 Å². The zero-order valence-electron chi connectivity index (χ0n) is 31.2. The highest BCUT2D eigenvalue weighted by atomic mass is 14.4. The van der Waals surface area contributed by atoms with E-state index in [-0.39, 0.29) is 0 Å². The van der Waals surface area contributed by atoms with Crippen molar-refractivity contribution in [2.24, 2.45) is 0 Å². The van der Waals surface area contributed by atoms with Crippen LogP contribution in [0.2, 0.25) is 0 Å². The van der Waals surface area contributed by atoms with E-state index in [1.807, 2.05) is 0 Å². The molecule has 0 unspecified atom stereocenters. The van der Waals surface area contributed by atoms with Gasteiger partial charge in [0.15, 0.2) is 0 Å². The average molecular weight is 707 g/mol. The van der Waals surface area contributed by atoms with E-state index in [2.05, 4.69) is 184 Å². The Morgan fingerprint density at radius 1 is 0.250 bits per heavy atom. The number of rotatable bonds is 3. The second-order valence-electron chi connectivity index (χ2n) is 16.0. The summed E-state index contributed by atoms with van der Waals surface area (Å²) in [6.07, 6.45) is 0. The maximum Gasteiger partial charge on any atom is -0.000718 e. The summed E-state index contributed by atoms with van der Waals surface area (Å²) in [5.41, 5.74) is 21.0. The van der Waals surface area contributed by atoms with Gasteiger partial charge in [-0.25, -0.2) is 0 Å². The van der Waals surface area contributed by atoms with E-state index in [0.29, 0.717) is 0 Å². The Balaban J connectivity index is 1.22. The molecule has 0 N–H and O–H groups in total. The summed E-state index contributed by atoms with van der Waals surface area (Å²) in [7, 11) is 0. The number of hydrogen-bond donors (Lipinski definition) is 0. The molecular weight excluding hydrogens is 673 g/mol. The summed E-state index contributed by atoms with van der Waals surface area (Å²) in [4.78, 5) is 0. The van der Waals surface area contributed by atoms with Gasteiger partial charge >= 0.3 is 0 Å². The molecule has 0 amide bonds. The lowest BCUT2D eigenvalue weighted by Gasteiger charge is -2.23. The molecular formula is C56H34. The van der Waals surface area contributed by atoms with Crippen molar-refractivity contribution in [1.29, 1.82) is 0 Å². The van der Waals surface area contributed by atoms with Crippen molar-refractivity contribution in [2.45, 2.75) is 13.8 Å². The average Bonchev–Trinajstić information content (AvgIpc) is 3.76. The van der Waals surface area contributed by atoms with Crippen LogP contribution in [-0.4, -0.2) is 0 Å². The van der Waals surface area contributed by atoms with Crippen LogP contribution in [0, 0.1) is 13.8 Å². The van der Waals surface area contributed by atoms with Crippen molar-refractivity contribution in [1.82, 2.24) is 0 Å². The second-order valence-corrected chi connectivity index (χ2v) is 16.0. The van der Waals surface area contributed by atoms with E-state index in [9.17, 15) is 0 Å². The molecule has 0 nitrogen and oxygen atoms in total. The van der Waals surface area contributed by atoms with E-state index in [1.165, 1.54) is 143 Å². The molecule has 11 aromatic carbocycles. The van der Waals surface area contributed by atoms with Crippen LogP contribution in [0.15, 0.2) is 170 Å². The third-order valence-electron chi connectivity index (χ3n) is 13.1. The number of fused-ring (bicyclic) bond motifs is 9. The van der Waals surface area contributed by atoms with Crippen LogP contribution >= 0.6 is 0 Å². The minimum Gasteiger partial charge on any atom is -0.0622 e. The molecule has 0 saturated carbocycles. The van der Waals surface area contributed by atoms with Crippen LogP contribution < -0.4 is 0 Å². The Morgan fingerprint density at radius 3 is 1.27 bits per heavy atom. The minimum atomic E-state index is 1.23. The molecule has 0 radical (unpaired) electrons. The van der Waals surface area contributed by atoms with Crippen LogP contribution in [0.5, 0.6) is 0 Å². The van der Waals surface area contributed by atoms with Crippen molar-refractivity contribution < 1.29 is 0 Å². The van der Waals surface area contributed by atoms with Gasteiger partial charge < -0.3 is 0 Å². The molecule has 258 valence electrons. The molecule has 0 heteroatoms. The normalized spacial score (nSPS) is 12.5. The molecule has 0 fully saturated rings. The van der Waals surface area contributed by atoms with Gasteiger partial charge in [0.05, 0.1) is 0 Å². The number of hydrogen-bond acceptors (Lipinski definition) is 0. The molecule has 0 spiro atoms. The van der Waals surface area contributed by atoms with Crippen molar-refractivity contribution in [3.63, 3.8) is 0 Å². The van der Waals surface area contributed by atoms with Gasteiger partial charge in [-0.15, -0.1) is 0 Å². The summed E-state index contributed by atoms with van der Waals surface area (Å²) >= 11 is 0. The molecule has 11 aromatic rings. The predicted molar refractivity (Wildman–Crippen MR) is 240 cm³/mol. The zero-order chi connectivity index (χ0) is 36.8. The lowest BCUT2D eigenvalue weighted by atomic mass is 9.80. The molecule has 2 aliphatic rings. The Morgan fingerprint density at radius 2 is 0.696 bits per heavy atom. The number of aryl methyl sites for hydroxylation is 2. The van der Waals surface area contributed by atoms with E-state index in [0.717, 1.165) is 0 Å². The fourth-order valence-corrected chi connectivity index (χ4v) is 10.8. The fraction of sp³-hybridized carbons (Fsp3) is 0.0357. The second kappa shape index (κ2) is 10.8. The monoisotopic (exact) mass is 706 g/mol. The Kier molecular flexibility index (Phi) is 5.85. The van der Waals surface area contributed by atoms with E-state index < -0.39 is 0 Å². The van der Waals surface area contributed by atoms with Crippen LogP contribution in [0.4, 0.5) is 0 Å². The molecule has 2 aliphatic carbocycles. The molecule has 56 heavy (non-hydrogen) atoms. The van der Waals surface area contributed by atoms with Gasteiger partial charge in [0.1, 0.15) is 0 Å². The molecule has 13 rings (SSSR count). The first-order valence-electron chi connectivity index (χ1n) is 19.8. The van der Waals surface area contributed by atoms with Crippen LogP contribution in [0.1, 0.15) is 11.1 Å². The first-order chi connectivity index (χ1) is 27.7. The first kappa shape index (κ1) is 30.3. The third-order valence-corrected chi connectivity index (χ3v) is 13.1. The lowest BCUT2D eigenvalue weighted by Crippen LogP contribution is -1.96. The van der Waals surface area contributed by atoms with Crippen molar-refractivity contribution in [2.75, 3.05) is 0 Å². The summed E-state index contributed by atoms with van der Waals surface area (Å²) in [5.74, 6) is 0. The van der Waals surface area contributed by atoms with Gasteiger partial charge in [0.2, 0.25) is 0 Å². The summed E-state index contributed by atoms with van der Waals surface area (Å²) in [5, 5.41) is 13.5. The summed E-state index contributed by atoms with van der Waals surface area (Å²) in [6, 6.07) is 64.3. The smallest absolute Gasteiger partial charge is 0.000718 e. The SMILES string of the molecule is Cc1ccc(C)c(-c2c3c(c(-c4ccccc4-c4ccccc4)c4ccccc24)-c2ccc4c5ccc6c7c(ccc(c8ccc-3c2c84)c75)-c2ccccc2-6)c1. The van der Waals surface area contributed by atoms with Gasteiger partial charge in [0.25, 0.3) is 0 Å². The van der Waals surface area contributed by atoms with E-state index in [4.69, 9.17) is 0 Å². The highest BCUT2D eigenvalue weighted by molar-refractivity contribution is 6.41. The largest absolute Gasteiger partial charge is 0.0622 e. The number of benzene rings is 11. The van der Waals surface area contributed by atoms with Gasteiger partial charge in [-0.2, -0.15) is 0 Å². The third kappa shape index (κ3) is 3.74. The van der Waals surface area contributed by atoms with Crippen molar-refractivity contribution in [3.8, 4) is 77.9 Å². The highest BCUT2D eigenvalue weighted by Gasteiger charge is 2.34. The first-order valence-corrected chi connectivity index (χ1v) is 19.8. The molecule has 0 aromatic heterocycles. The molecule has 0 saturated heterocycles. The van der Waals surface area contributed by atoms with E-state index in [1.54, 1.807) is 0 Å². The molecule has 0 atom stereocenters. The minimum absolute atomic E-state index is 1.23. The zero-order valence-corrected chi connectivity index (χ0v) is 31.2. The van der Waals surface area contributed by atoms with Gasteiger partial charge in [0, 0.05) is 0 Å².